The summed E-state index contributed by atoms with van der Waals surface area (Å²) < 4.78 is 15.5. The van der Waals surface area contributed by atoms with Crippen LogP contribution >= 0.6 is 11.6 Å². The van der Waals surface area contributed by atoms with E-state index in [0.717, 1.165) is 16.9 Å². The molecule has 0 aliphatic rings. The molecule has 0 spiro atoms. The Hall–Kier alpha value is -3.12. The van der Waals surface area contributed by atoms with E-state index in [9.17, 15) is 4.79 Å². The fraction of sp³-hybridized carbons (Fsp3) is 0.150. The number of esters is 1. The summed E-state index contributed by atoms with van der Waals surface area (Å²) in [4.78, 5) is 16.2. The average molecular weight is 385 g/mol. The number of hydrogen-bond acceptors (Lipinski definition) is 6. The van der Waals surface area contributed by atoms with E-state index in [1.165, 1.54) is 6.08 Å². The number of benzene rings is 2. The predicted molar refractivity (Wildman–Crippen MR) is 101 cm³/mol. The molecular formula is C20H17ClN2O4. The third-order valence-electron chi connectivity index (χ3n) is 3.78. The molecular weight excluding hydrogens is 368 g/mol. The molecule has 6 nitrogen and oxygen atoms in total. The molecule has 0 saturated carbocycles. The van der Waals surface area contributed by atoms with E-state index in [0.29, 0.717) is 16.5 Å². The molecule has 2 aromatic carbocycles. The second kappa shape index (κ2) is 8.51. The number of halogens is 1. The Morgan fingerprint density at radius 1 is 1.19 bits per heavy atom. The number of methoxy groups -OCH3 is 1. The van der Waals surface area contributed by atoms with Gasteiger partial charge in [-0.05, 0) is 48.4 Å². The molecule has 3 aromatic rings. The van der Waals surface area contributed by atoms with E-state index in [4.69, 9.17) is 25.6 Å². The van der Waals surface area contributed by atoms with Crippen molar-refractivity contribution in [3.8, 4) is 17.2 Å². The Morgan fingerprint density at radius 3 is 2.63 bits per heavy atom. The highest BCUT2D eigenvalue weighted by Crippen LogP contribution is 2.23. The van der Waals surface area contributed by atoms with Gasteiger partial charge in [-0.2, -0.15) is 4.98 Å². The lowest BCUT2D eigenvalue weighted by atomic mass is 10.1. The van der Waals surface area contributed by atoms with Crippen molar-refractivity contribution in [1.82, 2.24) is 10.1 Å². The van der Waals surface area contributed by atoms with Crippen molar-refractivity contribution in [2.24, 2.45) is 0 Å². The minimum absolute atomic E-state index is 0.0925. The second-order valence-electron chi connectivity index (χ2n) is 5.66. The van der Waals surface area contributed by atoms with Crippen LogP contribution in [0.15, 0.2) is 59.1 Å². The Morgan fingerprint density at radius 2 is 1.93 bits per heavy atom. The van der Waals surface area contributed by atoms with Crippen LogP contribution in [0.2, 0.25) is 5.02 Å². The number of carbonyl (C=O) groups is 1. The number of aromatic nitrogens is 2. The Labute approximate surface area is 161 Å². The first-order chi connectivity index (χ1) is 13.1. The monoisotopic (exact) mass is 384 g/mol. The lowest BCUT2D eigenvalue weighted by Gasteiger charge is -2.04. The van der Waals surface area contributed by atoms with E-state index in [1.807, 2.05) is 18.2 Å². The molecule has 0 radical (unpaired) electrons. The molecule has 7 heteroatoms. The summed E-state index contributed by atoms with van der Waals surface area (Å²) in [7, 11) is 1.59. The number of nitrogens with zero attached hydrogens (tertiary/aromatic N) is 2. The zero-order chi connectivity index (χ0) is 19.2. The quantitative estimate of drug-likeness (QED) is 0.458. The summed E-state index contributed by atoms with van der Waals surface area (Å²) in [5.41, 5.74) is 2.23. The summed E-state index contributed by atoms with van der Waals surface area (Å²) in [5.74, 6) is 0.834. The number of hydrogen-bond donors (Lipinski definition) is 0. The van der Waals surface area contributed by atoms with Gasteiger partial charge in [-0.3, -0.25) is 0 Å². The molecule has 1 aromatic heterocycles. The normalized spacial score (nSPS) is 11.3. The van der Waals surface area contributed by atoms with Crippen LogP contribution in [0.5, 0.6) is 5.75 Å². The number of allylic oxidation sites excluding steroid dienone is 1. The molecule has 138 valence electrons. The fourth-order valence-electron chi connectivity index (χ4n) is 2.38. The van der Waals surface area contributed by atoms with E-state index < -0.39 is 5.97 Å². The summed E-state index contributed by atoms with van der Waals surface area (Å²) in [6.45, 7) is 1.70. The van der Waals surface area contributed by atoms with Crippen molar-refractivity contribution in [1.29, 1.82) is 0 Å². The minimum atomic E-state index is -0.511. The molecule has 0 aliphatic carbocycles. The fourth-order valence-corrected chi connectivity index (χ4v) is 2.66. The van der Waals surface area contributed by atoms with Crippen LogP contribution in [0.25, 0.3) is 17.0 Å². The molecule has 1 heterocycles. The second-order valence-corrected chi connectivity index (χ2v) is 6.07. The maximum absolute atomic E-state index is 12.0. The molecule has 0 unspecified atom stereocenters. The minimum Gasteiger partial charge on any atom is -0.497 e. The largest absolute Gasteiger partial charge is 0.497 e. The maximum atomic E-state index is 12.0. The van der Waals surface area contributed by atoms with Crippen molar-refractivity contribution in [2.45, 2.75) is 13.5 Å². The van der Waals surface area contributed by atoms with Gasteiger partial charge in [0.05, 0.1) is 7.11 Å². The highest BCUT2D eigenvalue weighted by molar-refractivity contribution is 6.32. The Kier molecular flexibility index (Phi) is 5.88. The standard InChI is InChI=1S/C20H17ClN2O4/c1-13(16-5-3-4-6-17(16)21)11-19(24)26-12-18-22-20(27-23-18)14-7-9-15(25-2)10-8-14/h3-11H,12H2,1-2H3/b13-11-. The van der Waals surface area contributed by atoms with Gasteiger partial charge in [-0.25, -0.2) is 4.79 Å². The van der Waals surface area contributed by atoms with Crippen LogP contribution in [-0.4, -0.2) is 23.2 Å². The molecule has 0 saturated heterocycles. The van der Waals surface area contributed by atoms with Crippen molar-refractivity contribution in [3.05, 3.63) is 71.0 Å². The Bertz CT molecular complexity index is 964. The third-order valence-corrected chi connectivity index (χ3v) is 4.11. The van der Waals surface area contributed by atoms with Gasteiger partial charge in [0.1, 0.15) is 5.75 Å². The van der Waals surface area contributed by atoms with Crippen LogP contribution in [0.1, 0.15) is 18.3 Å². The topological polar surface area (TPSA) is 74.5 Å². The van der Waals surface area contributed by atoms with Crippen molar-refractivity contribution >= 4 is 23.1 Å². The Balaban J connectivity index is 1.61. The van der Waals surface area contributed by atoms with Gasteiger partial charge in [-0.1, -0.05) is 35.0 Å². The molecule has 0 fully saturated rings. The summed E-state index contributed by atoms with van der Waals surface area (Å²) in [5, 5.41) is 4.39. The molecule has 27 heavy (non-hydrogen) atoms. The number of ether oxygens (including phenoxy) is 2. The predicted octanol–water partition coefficient (Wildman–Crippen LogP) is 4.55. The zero-order valence-corrected chi connectivity index (χ0v) is 15.6. The number of carbonyl (C=O) groups excluding carboxylic acids is 1. The highest BCUT2D eigenvalue weighted by Gasteiger charge is 2.11. The molecule has 0 bridgehead atoms. The van der Waals surface area contributed by atoms with Gasteiger partial charge in [0.25, 0.3) is 5.89 Å². The molecule has 0 N–H and O–H groups in total. The highest BCUT2D eigenvalue weighted by atomic mass is 35.5. The first-order valence-corrected chi connectivity index (χ1v) is 8.51. The first kappa shape index (κ1) is 18.7. The van der Waals surface area contributed by atoms with Crippen molar-refractivity contribution in [2.75, 3.05) is 7.11 Å². The van der Waals surface area contributed by atoms with Crippen LogP contribution in [0.4, 0.5) is 0 Å². The number of rotatable bonds is 6. The van der Waals surface area contributed by atoms with Gasteiger partial charge in [0.2, 0.25) is 5.82 Å². The molecule has 3 rings (SSSR count). The van der Waals surface area contributed by atoms with Crippen LogP contribution in [0, 0.1) is 0 Å². The van der Waals surface area contributed by atoms with Crippen molar-refractivity contribution < 1.29 is 18.8 Å². The van der Waals surface area contributed by atoms with E-state index >= 15 is 0 Å². The SMILES string of the molecule is COc1ccc(-c2nc(COC(=O)/C=C(/C)c3ccccc3Cl)no2)cc1. The van der Waals surface area contributed by atoms with Crippen LogP contribution in [-0.2, 0) is 16.1 Å². The molecule has 0 aliphatic heterocycles. The van der Waals surface area contributed by atoms with Crippen molar-refractivity contribution in [3.63, 3.8) is 0 Å². The summed E-state index contributed by atoms with van der Waals surface area (Å²) >= 11 is 6.12. The smallest absolute Gasteiger partial charge is 0.331 e. The van der Waals surface area contributed by atoms with Gasteiger partial charge in [-0.15, -0.1) is 0 Å². The van der Waals surface area contributed by atoms with E-state index in [1.54, 1.807) is 44.4 Å². The van der Waals surface area contributed by atoms with E-state index in [2.05, 4.69) is 10.1 Å². The molecule has 0 atom stereocenters. The van der Waals surface area contributed by atoms with Crippen LogP contribution < -0.4 is 4.74 Å². The lowest BCUT2D eigenvalue weighted by Crippen LogP contribution is -2.03. The van der Waals surface area contributed by atoms with Gasteiger partial charge in [0, 0.05) is 16.7 Å². The van der Waals surface area contributed by atoms with Gasteiger partial charge in [0.15, 0.2) is 6.61 Å². The summed E-state index contributed by atoms with van der Waals surface area (Å²) in [6, 6.07) is 14.5. The van der Waals surface area contributed by atoms with Crippen LogP contribution in [0.3, 0.4) is 0 Å². The zero-order valence-electron chi connectivity index (χ0n) is 14.8. The van der Waals surface area contributed by atoms with E-state index in [-0.39, 0.29) is 12.4 Å². The van der Waals surface area contributed by atoms with Gasteiger partial charge >= 0.3 is 5.97 Å². The summed E-state index contributed by atoms with van der Waals surface area (Å²) in [6.07, 6.45) is 1.38. The maximum Gasteiger partial charge on any atom is 0.331 e. The van der Waals surface area contributed by atoms with Gasteiger partial charge < -0.3 is 14.0 Å². The average Bonchev–Trinajstić information content (AvgIpc) is 3.16. The lowest BCUT2D eigenvalue weighted by molar-refractivity contribution is -0.139. The molecule has 0 amide bonds. The third kappa shape index (κ3) is 4.74. The first-order valence-electron chi connectivity index (χ1n) is 8.14.